The summed E-state index contributed by atoms with van der Waals surface area (Å²) in [5, 5.41) is 0.240. The number of rotatable bonds is 2. The van der Waals surface area contributed by atoms with Crippen molar-refractivity contribution in [2.24, 2.45) is 0 Å². The second kappa shape index (κ2) is 5.68. The number of methoxy groups -OCH3 is 1. The maximum atomic E-state index is 12.6. The van der Waals surface area contributed by atoms with Crippen LogP contribution in [0.5, 0.6) is 5.88 Å². The number of carbonyl (C=O) groups excluding carboxylic acids is 2. The highest BCUT2D eigenvalue weighted by molar-refractivity contribution is 8.08. The van der Waals surface area contributed by atoms with Crippen molar-refractivity contribution >= 4 is 52.2 Å². The molecule has 2 amide bonds. The number of hydrogen-bond acceptors (Lipinski definition) is 7. The van der Waals surface area contributed by atoms with Gasteiger partial charge in [0.15, 0.2) is 5.65 Å². The topological polar surface area (TPSA) is 72.4 Å². The van der Waals surface area contributed by atoms with Crippen molar-refractivity contribution in [3.63, 3.8) is 0 Å². The number of hydrogen-bond donors (Lipinski definition) is 0. The third kappa shape index (κ3) is 2.36. The zero-order valence-electron chi connectivity index (χ0n) is 12.3. The van der Waals surface area contributed by atoms with Crippen LogP contribution < -0.4 is 9.64 Å². The number of pyridine rings is 2. The van der Waals surface area contributed by atoms with Gasteiger partial charge in [0.25, 0.3) is 0 Å². The molecule has 0 aliphatic carbocycles. The highest BCUT2D eigenvalue weighted by Gasteiger charge is 2.50. The Kier molecular flexibility index (Phi) is 3.65. The van der Waals surface area contributed by atoms with Gasteiger partial charge in [0.1, 0.15) is 16.3 Å². The van der Waals surface area contributed by atoms with E-state index in [0.29, 0.717) is 17.3 Å². The molecule has 0 bridgehead atoms. The summed E-state index contributed by atoms with van der Waals surface area (Å²) in [6.07, 6.45) is 0. The van der Waals surface area contributed by atoms with Crippen molar-refractivity contribution in [1.29, 1.82) is 0 Å². The van der Waals surface area contributed by atoms with Crippen molar-refractivity contribution < 1.29 is 14.3 Å². The molecule has 0 N–H and O–H groups in total. The predicted octanol–water partition coefficient (Wildman–Crippen LogP) is 1.73. The van der Waals surface area contributed by atoms with Crippen LogP contribution in [0.2, 0.25) is 0 Å². The Morgan fingerprint density at radius 3 is 2.35 bits per heavy atom. The molecule has 4 heterocycles. The molecular weight excluding hydrogens is 334 g/mol. The predicted molar refractivity (Wildman–Crippen MR) is 91.1 cm³/mol. The number of nitrogens with zero attached hydrogens (tertiary/aromatic N) is 3. The average molecular weight is 347 g/mol. The molecule has 8 heteroatoms. The molecular formula is C15H13N3O3S2. The maximum Gasteiger partial charge on any atom is 0.249 e. The zero-order valence-corrected chi connectivity index (χ0v) is 13.9. The van der Waals surface area contributed by atoms with Crippen LogP contribution >= 0.6 is 23.5 Å². The Bertz CT molecular complexity index is 790. The van der Waals surface area contributed by atoms with Crippen LogP contribution in [0.15, 0.2) is 24.3 Å². The van der Waals surface area contributed by atoms with Gasteiger partial charge in [-0.25, -0.2) is 9.88 Å². The molecule has 23 heavy (non-hydrogen) atoms. The normalized spacial score (nSPS) is 24.1. The third-order valence-electron chi connectivity index (χ3n) is 3.83. The van der Waals surface area contributed by atoms with Gasteiger partial charge >= 0.3 is 0 Å². The number of fused-ring (bicyclic) bond motifs is 2. The summed E-state index contributed by atoms with van der Waals surface area (Å²) in [4.78, 5) is 35.1. The van der Waals surface area contributed by atoms with Crippen molar-refractivity contribution in [2.45, 2.75) is 10.5 Å². The van der Waals surface area contributed by atoms with Gasteiger partial charge in [-0.1, -0.05) is 0 Å². The number of imide groups is 1. The molecule has 2 aromatic heterocycles. The summed E-state index contributed by atoms with van der Waals surface area (Å²) in [5.74, 6) is 2.22. The molecule has 0 radical (unpaired) electrons. The Morgan fingerprint density at radius 1 is 1.04 bits per heavy atom. The van der Waals surface area contributed by atoms with Gasteiger partial charge in [-0.2, -0.15) is 4.98 Å². The van der Waals surface area contributed by atoms with E-state index >= 15 is 0 Å². The van der Waals surface area contributed by atoms with E-state index in [1.54, 1.807) is 35.7 Å². The van der Waals surface area contributed by atoms with Crippen LogP contribution in [-0.2, 0) is 9.59 Å². The summed E-state index contributed by atoms with van der Waals surface area (Å²) in [5.41, 5.74) is 0.456. The van der Waals surface area contributed by atoms with Crippen molar-refractivity contribution in [3.8, 4) is 5.88 Å². The Labute approximate surface area is 141 Å². The quantitative estimate of drug-likeness (QED) is 0.766. The maximum absolute atomic E-state index is 12.6. The van der Waals surface area contributed by atoms with E-state index in [1.807, 2.05) is 12.1 Å². The zero-order chi connectivity index (χ0) is 16.0. The van der Waals surface area contributed by atoms with E-state index in [4.69, 9.17) is 4.74 Å². The van der Waals surface area contributed by atoms with Gasteiger partial charge in [-0.05, 0) is 18.2 Å². The smallest absolute Gasteiger partial charge is 0.249 e. The lowest BCUT2D eigenvalue weighted by Gasteiger charge is -2.19. The minimum absolute atomic E-state index is 0.174. The summed E-state index contributed by atoms with van der Waals surface area (Å²) in [6.45, 7) is 0. The molecule has 0 spiro atoms. The number of anilines is 1. The van der Waals surface area contributed by atoms with E-state index in [1.165, 1.54) is 12.0 Å². The number of carbonyl (C=O) groups is 2. The second-order valence-electron chi connectivity index (χ2n) is 5.16. The number of thioether (sulfide) groups is 2. The molecule has 2 fully saturated rings. The van der Waals surface area contributed by atoms with Crippen LogP contribution in [0.1, 0.15) is 0 Å². The standard InChI is InChI=1S/C15H13N3O3S2/c1-21-10-5-3-8-2-4-9(16-13(8)17-10)18-14(19)11-12(15(18)20)23-7-6-22-11/h2-5,11-12H,6-7H2,1H3. The van der Waals surface area contributed by atoms with Crippen molar-refractivity contribution in [2.75, 3.05) is 23.5 Å². The first-order chi connectivity index (χ1) is 11.2. The number of amides is 2. The van der Waals surface area contributed by atoms with Gasteiger partial charge in [-0.3, -0.25) is 9.59 Å². The van der Waals surface area contributed by atoms with Gasteiger partial charge < -0.3 is 4.74 Å². The van der Waals surface area contributed by atoms with Crippen LogP contribution in [0.4, 0.5) is 5.82 Å². The molecule has 0 saturated carbocycles. The van der Waals surface area contributed by atoms with E-state index in [9.17, 15) is 9.59 Å². The van der Waals surface area contributed by atoms with Crippen molar-refractivity contribution in [3.05, 3.63) is 24.3 Å². The lowest BCUT2D eigenvalue weighted by molar-refractivity contribution is -0.121. The van der Waals surface area contributed by atoms with Crippen molar-refractivity contribution in [1.82, 2.24) is 9.97 Å². The number of ether oxygens (including phenoxy) is 1. The minimum atomic E-state index is -0.294. The van der Waals surface area contributed by atoms with E-state index in [2.05, 4.69) is 9.97 Å². The molecule has 2 aliphatic rings. The van der Waals surface area contributed by atoms with E-state index in [0.717, 1.165) is 16.9 Å². The van der Waals surface area contributed by atoms with Gasteiger partial charge in [0, 0.05) is 23.0 Å². The molecule has 2 unspecified atom stereocenters. The molecule has 2 saturated heterocycles. The Morgan fingerprint density at radius 2 is 1.70 bits per heavy atom. The summed E-state index contributed by atoms with van der Waals surface area (Å²) in [6, 6.07) is 7.10. The molecule has 4 rings (SSSR count). The second-order valence-corrected chi connectivity index (χ2v) is 7.66. The molecule has 2 aromatic rings. The largest absolute Gasteiger partial charge is 0.481 e. The van der Waals surface area contributed by atoms with Crippen LogP contribution in [0.3, 0.4) is 0 Å². The fraction of sp³-hybridized carbons (Fsp3) is 0.333. The minimum Gasteiger partial charge on any atom is -0.481 e. The molecule has 2 atom stereocenters. The Hall–Kier alpha value is -1.80. The van der Waals surface area contributed by atoms with Crippen LogP contribution in [0.25, 0.3) is 11.0 Å². The summed E-state index contributed by atoms with van der Waals surface area (Å²) < 4.78 is 5.10. The summed E-state index contributed by atoms with van der Waals surface area (Å²) in [7, 11) is 1.53. The lowest BCUT2D eigenvalue weighted by Crippen LogP contribution is -2.32. The van der Waals surface area contributed by atoms with Crippen LogP contribution in [-0.4, -0.2) is 50.9 Å². The fourth-order valence-corrected chi connectivity index (χ4v) is 5.55. The lowest BCUT2D eigenvalue weighted by atomic mass is 10.3. The Balaban J connectivity index is 1.76. The van der Waals surface area contributed by atoms with Gasteiger partial charge in [-0.15, -0.1) is 23.5 Å². The van der Waals surface area contributed by atoms with Gasteiger partial charge in [0.2, 0.25) is 17.7 Å². The summed E-state index contributed by atoms with van der Waals surface area (Å²) >= 11 is 3.11. The van der Waals surface area contributed by atoms with Gasteiger partial charge in [0.05, 0.1) is 7.11 Å². The highest BCUT2D eigenvalue weighted by Crippen LogP contribution is 2.39. The SMILES string of the molecule is COc1ccc2ccc(N3C(=O)C4SCCSC4C3=O)nc2n1. The van der Waals surface area contributed by atoms with E-state index in [-0.39, 0.29) is 22.3 Å². The third-order valence-corrected chi connectivity index (χ3v) is 6.81. The fourth-order valence-electron chi connectivity index (χ4n) is 2.73. The first kappa shape index (κ1) is 14.8. The first-order valence-corrected chi connectivity index (χ1v) is 9.21. The number of aromatic nitrogens is 2. The molecule has 2 aliphatic heterocycles. The molecule has 0 aromatic carbocycles. The first-order valence-electron chi connectivity index (χ1n) is 7.12. The van der Waals surface area contributed by atoms with E-state index < -0.39 is 0 Å². The monoisotopic (exact) mass is 347 g/mol. The average Bonchev–Trinajstić information content (AvgIpc) is 2.85. The van der Waals surface area contributed by atoms with Crippen LogP contribution in [0, 0.1) is 0 Å². The molecule has 118 valence electrons. The highest BCUT2D eigenvalue weighted by atomic mass is 32.2. The molecule has 6 nitrogen and oxygen atoms in total.